The highest BCUT2D eigenvalue weighted by Crippen LogP contribution is 2.28. The number of carbonyl (C=O) groups excluding carboxylic acids is 1. The third-order valence-corrected chi connectivity index (χ3v) is 2.38. The Morgan fingerprint density at radius 3 is 2.64 bits per heavy atom. The Bertz CT molecular complexity index is 244. The van der Waals surface area contributed by atoms with E-state index in [0.717, 1.165) is 18.9 Å². The highest BCUT2D eigenvalue weighted by molar-refractivity contribution is 5.80. The average Bonchev–Trinajstić information content (AvgIpc) is 2.05. The van der Waals surface area contributed by atoms with Crippen molar-refractivity contribution in [3.8, 4) is 0 Å². The first kappa shape index (κ1) is 10.8. The van der Waals surface area contributed by atoms with Crippen LogP contribution in [-0.4, -0.2) is 23.5 Å². The number of hydrogen-bond donors (Lipinski definition) is 2. The van der Waals surface area contributed by atoms with E-state index in [0.29, 0.717) is 18.9 Å². The monoisotopic (exact) mass is 197 g/mol. The Labute approximate surface area is 83.0 Å². The smallest absolute Gasteiger partial charge is 0.328 e. The number of nitrogens with one attached hydrogen (secondary N) is 1. The lowest BCUT2D eigenvalue weighted by Crippen LogP contribution is -2.27. The fraction of sp³-hybridized carbons (Fsp3) is 0.600. The van der Waals surface area contributed by atoms with E-state index in [2.05, 4.69) is 5.32 Å². The molecule has 0 aromatic heterocycles. The molecule has 1 aliphatic rings. The van der Waals surface area contributed by atoms with Gasteiger partial charge in [0.25, 0.3) is 0 Å². The zero-order valence-electron chi connectivity index (χ0n) is 8.03. The highest BCUT2D eigenvalue weighted by Gasteiger charge is 2.19. The van der Waals surface area contributed by atoms with Crippen LogP contribution in [0.15, 0.2) is 12.2 Å². The number of hydrogen-bond acceptors (Lipinski definition) is 2. The van der Waals surface area contributed by atoms with Gasteiger partial charge >= 0.3 is 5.97 Å². The number of carboxylic acid groups (broad SMARTS) is 1. The molecule has 0 aliphatic heterocycles. The van der Waals surface area contributed by atoms with Crippen LogP contribution in [0.5, 0.6) is 0 Å². The van der Waals surface area contributed by atoms with E-state index < -0.39 is 5.97 Å². The Balaban J connectivity index is 2.05. The third-order valence-electron chi connectivity index (χ3n) is 2.38. The van der Waals surface area contributed by atoms with E-state index in [9.17, 15) is 9.59 Å². The van der Waals surface area contributed by atoms with Crippen molar-refractivity contribution in [1.82, 2.24) is 5.32 Å². The molecule has 0 spiro atoms. The van der Waals surface area contributed by atoms with Crippen LogP contribution >= 0.6 is 0 Å². The second kappa shape index (κ2) is 5.42. The molecular formula is C10H15NO3. The molecule has 4 heteroatoms. The van der Waals surface area contributed by atoms with Crippen molar-refractivity contribution in [3.63, 3.8) is 0 Å². The highest BCUT2D eigenvalue weighted by atomic mass is 16.4. The van der Waals surface area contributed by atoms with Gasteiger partial charge in [-0.15, -0.1) is 0 Å². The van der Waals surface area contributed by atoms with Gasteiger partial charge in [-0.2, -0.15) is 0 Å². The molecule has 1 rings (SSSR count). The maximum Gasteiger partial charge on any atom is 0.328 e. The molecule has 1 amide bonds. The Morgan fingerprint density at radius 2 is 2.14 bits per heavy atom. The lowest BCUT2D eigenvalue weighted by atomic mass is 9.83. The van der Waals surface area contributed by atoms with Crippen LogP contribution in [0.1, 0.15) is 25.7 Å². The van der Waals surface area contributed by atoms with E-state index in [-0.39, 0.29) is 5.91 Å². The molecule has 78 valence electrons. The van der Waals surface area contributed by atoms with Crippen molar-refractivity contribution in [3.05, 3.63) is 12.2 Å². The summed E-state index contributed by atoms with van der Waals surface area (Å²) in [5, 5.41) is 10.9. The van der Waals surface area contributed by atoms with Crippen molar-refractivity contribution < 1.29 is 14.7 Å². The van der Waals surface area contributed by atoms with E-state index in [1.54, 1.807) is 0 Å². The van der Waals surface area contributed by atoms with Crippen molar-refractivity contribution >= 4 is 11.9 Å². The van der Waals surface area contributed by atoms with Crippen LogP contribution in [0.25, 0.3) is 0 Å². The fourth-order valence-electron chi connectivity index (χ4n) is 1.36. The van der Waals surface area contributed by atoms with Crippen LogP contribution < -0.4 is 5.32 Å². The van der Waals surface area contributed by atoms with Gasteiger partial charge in [-0.3, -0.25) is 4.79 Å². The normalized spacial score (nSPS) is 16.6. The van der Waals surface area contributed by atoms with Gasteiger partial charge in [0.05, 0.1) is 0 Å². The van der Waals surface area contributed by atoms with Gasteiger partial charge in [0.15, 0.2) is 0 Å². The van der Waals surface area contributed by atoms with Gasteiger partial charge in [0.2, 0.25) is 5.91 Å². The summed E-state index contributed by atoms with van der Waals surface area (Å²) in [6.45, 7) is 0.303. The molecule has 0 unspecified atom stereocenters. The summed E-state index contributed by atoms with van der Waals surface area (Å²) in [6.07, 6.45) is 6.58. The summed E-state index contributed by atoms with van der Waals surface area (Å²) in [5.74, 6) is -0.415. The zero-order valence-corrected chi connectivity index (χ0v) is 8.03. The van der Waals surface area contributed by atoms with E-state index in [1.807, 2.05) is 0 Å². The van der Waals surface area contributed by atoms with Crippen molar-refractivity contribution in [2.45, 2.75) is 25.7 Å². The van der Waals surface area contributed by atoms with Crippen LogP contribution in [-0.2, 0) is 9.59 Å². The number of carboxylic acids is 1. The molecule has 0 aromatic rings. The molecule has 1 saturated carbocycles. The molecule has 2 N–H and O–H groups in total. The van der Waals surface area contributed by atoms with Crippen LogP contribution in [0, 0.1) is 5.92 Å². The molecule has 4 nitrogen and oxygen atoms in total. The first-order valence-corrected chi connectivity index (χ1v) is 4.84. The summed E-state index contributed by atoms with van der Waals surface area (Å²) < 4.78 is 0. The topological polar surface area (TPSA) is 66.4 Å². The average molecular weight is 197 g/mol. The minimum Gasteiger partial charge on any atom is -0.478 e. The van der Waals surface area contributed by atoms with Crippen molar-refractivity contribution in [1.29, 1.82) is 0 Å². The molecule has 1 fully saturated rings. The number of carbonyl (C=O) groups is 2. The van der Waals surface area contributed by atoms with Gasteiger partial charge in [0.1, 0.15) is 0 Å². The second-order valence-corrected chi connectivity index (χ2v) is 3.55. The standard InChI is InChI=1S/C10H15NO3/c12-9(7-8-3-1-4-8)11-6-2-5-10(13)14/h2,5,8H,1,3-4,6-7H2,(H,11,12)(H,13,14)/b5-2-. The molecular weight excluding hydrogens is 182 g/mol. The first-order chi connectivity index (χ1) is 6.68. The lowest BCUT2D eigenvalue weighted by molar-refractivity contribution is -0.131. The Hall–Kier alpha value is -1.32. The third kappa shape index (κ3) is 4.07. The van der Waals surface area contributed by atoms with Crippen molar-refractivity contribution in [2.24, 2.45) is 5.92 Å². The van der Waals surface area contributed by atoms with Crippen LogP contribution in [0.4, 0.5) is 0 Å². The molecule has 1 aliphatic carbocycles. The molecule has 0 radical (unpaired) electrons. The van der Waals surface area contributed by atoms with E-state index in [1.165, 1.54) is 12.5 Å². The minimum atomic E-state index is -0.988. The Kier molecular flexibility index (Phi) is 4.16. The first-order valence-electron chi connectivity index (χ1n) is 4.84. The second-order valence-electron chi connectivity index (χ2n) is 3.55. The molecule has 0 atom stereocenters. The molecule has 0 bridgehead atoms. The summed E-state index contributed by atoms with van der Waals surface area (Å²) >= 11 is 0. The summed E-state index contributed by atoms with van der Waals surface area (Å²) in [5.41, 5.74) is 0. The maximum absolute atomic E-state index is 11.2. The zero-order chi connectivity index (χ0) is 10.4. The molecule has 0 aromatic carbocycles. The SMILES string of the molecule is O=C(O)/C=C\CNC(=O)CC1CCC1. The van der Waals surface area contributed by atoms with Gasteiger partial charge in [-0.05, 0) is 18.8 Å². The maximum atomic E-state index is 11.2. The molecule has 0 saturated heterocycles. The summed E-state index contributed by atoms with van der Waals surface area (Å²) in [4.78, 5) is 21.3. The molecule has 14 heavy (non-hydrogen) atoms. The summed E-state index contributed by atoms with van der Waals surface area (Å²) in [7, 11) is 0. The quantitative estimate of drug-likeness (QED) is 0.644. The number of amides is 1. The molecule has 0 heterocycles. The van der Waals surface area contributed by atoms with Gasteiger partial charge in [-0.1, -0.05) is 12.5 Å². The van der Waals surface area contributed by atoms with E-state index >= 15 is 0 Å². The summed E-state index contributed by atoms with van der Waals surface area (Å²) in [6, 6.07) is 0. The van der Waals surface area contributed by atoms with Gasteiger partial charge in [0, 0.05) is 19.0 Å². The van der Waals surface area contributed by atoms with Crippen LogP contribution in [0.2, 0.25) is 0 Å². The minimum absolute atomic E-state index is 0.0183. The van der Waals surface area contributed by atoms with Gasteiger partial charge < -0.3 is 10.4 Å². The van der Waals surface area contributed by atoms with Crippen LogP contribution in [0.3, 0.4) is 0 Å². The number of rotatable bonds is 5. The van der Waals surface area contributed by atoms with Crippen molar-refractivity contribution in [2.75, 3.05) is 6.54 Å². The lowest BCUT2D eigenvalue weighted by Gasteiger charge is -2.24. The predicted molar refractivity (Wildman–Crippen MR) is 51.7 cm³/mol. The fourth-order valence-corrected chi connectivity index (χ4v) is 1.36. The predicted octanol–water partition coefficient (Wildman–Crippen LogP) is 0.934. The van der Waals surface area contributed by atoms with Gasteiger partial charge in [-0.25, -0.2) is 4.79 Å². The number of aliphatic carboxylic acids is 1. The Morgan fingerprint density at radius 1 is 1.43 bits per heavy atom. The largest absolute Gasteiger partial charge is 0.478 e. The van der Waals surface area contributed by atoms with E-state index in [4.69, 9.17) is 5.11 Å².